The molecule has 0 spiro atoms. The van der Waals surface area contributed by atoms with Gasteiger partial charge in [0.05, 0.1) is 18.7 Å². The number of fused-ring (bicyclic) bond motifs is 1. The van der Waals surface area contributed by atoms with Crippen LogP contribution in [0.15, 0.2) is 64.6 Å². The van der Waals surface area contributed by atoms with Crippen LogP contribution in [-0.4, -0.2) is 24.1 Å². The summed E-state index contributed by atoms with van der Waals surface area (Å²) in [6.45, 7) is 0.472. The summed E-state index contributed by atoms with van der Waals surface area (Å²) < 4.78 is 2.82. The maximum atomic E-state index is 12.9. The lowest BCUT2D eigenvalue weighted by molar-refractivity contribution is 0.676. The number of hydrogen-bond donors (Lipinski definition) is 0. The van der Waals surface area contributed by atoms with Gasteiger partial charge >= 0.3 is 5.69 Å². The molecule has 4 rings (SSSR count). The second-order valence-electron chi connectivity index (χ2n) is 6.14. The van der Waals surface area contributed by atoms with E-state index in [-0.39, 0.29) is 6.54 Å². The second-order valence-corrected chi connectivity index (χ2v) is 6.91. The maximum absolute atomic E-state index is 12.9. The van der Waals surface area contributed by atoms with Crippen LogP contribution in [0.5, 0.6) is 0 Å². The molecule has 0 saturated carbocycles. The van der Waals surface area contributed by atoms with Crippen molar-refractivity contribution >= 4 is 23.2 Å². The molecule has 0 amide bonds. The minimum absolute atomic E-state index is 0.0702. The van der Waals surface area contributed by atoms with Gasteiger partial charge in [0.25, 0.3) is 5.56 Å². The van der Waals surface area contributed by atoms with E-state index in [1.54, 1.807) is 47.3 Å². The highest BCUT2D eigenvalue weighted by Gasteiger charge is 2.17. The third-order valence-corrected chi connectivity index (χ3v) is 4.67. The van der Waals surface area contributed by atoms with Crippen LogP contribution in [-0.2, 0) is 13.1 Å². The van der Waals surface area contributed by atoms with E-state index >= 15 is 0 Å². The molecule has 7 nitrogen and oxygen atoms in total. The van der Waals surface area contributed by atoms with Gasteiger partial charge in [0.1, 0.15) is 10.3 Å². The first kappa shape index (κ1) is 18.3. The fourth-order valence-electron chi connectivity index (χ4n) is 2.86. The van der Waals surface area contributed by atoms with Crippen molar-refractivity contribution in [1.82, 2.24) is 24.1 Å². The van der Waals surface area contributed by atoms with Crippen molar-refractivity contribution < 1.29 is 0 Å². The molecule has 28 heavy (non-hydrogen) atoms. The average Bonchev–Trinajstić information content (AvgIpc) is 2.69. The van der Waals surface area contributed by atoms with E-state index in [2.05, 4.69) is 15.0 Å². The molecule has 140 valence electrons. The molecule has 2 aliphatic heterocycles. The van der Waals surface area contributed by atoms with Crippen molar-refractivity contribution in [3.05, 3.63) is 97.3 Å². The monoisotopic (exact) mass is 413 g/mol. The van der Waals surface area contributed by atoms with Crippen molar-refractivity contribution in [2.24, 2.45) is 0 Å². The Balaban J connectivity index is 1.75. The van der Waals surface area contributed by atoms with Gasteiger partial charge in [0.15, 0.2) is 5.82 Å². The van der Waals surface area contributed by atoms with Crippen LogP contribution in [0.4, 0.5) is 0 Å². The molecule has 4 heterocycles. The van der Waals surface area contributed by atoms with Gasteiger partial charge in [0, 0.05) is 18.6 Å². The molecule has 2 aliphatic rings. The van der Waals surface area contributed by atoms with Crippen LogP contribution in [0.2, 0.25) is 10.3 Å². The number of hydrogen-bond acceptors (Lipinski definition) is 5. The quantitative estimate of drug-likeness (QED) is 0.480. The summed E-state index contributed by atoms with van der Waals surface area (Å²) in [5.74, 6) is 0.318. The zero-order valence-electron chi connectivity index (χ0n) is 14.4. The zero-order valence-corrected chi connectivity index (χ0v) is 15.9. The summed E-state index contributed by atoms with van der Waals surface area (Å²) in [4.78, 5) is 37.6. The first-order valence-electron chi connectivity index (χ1n) is 8.32. The summed E-state index contributed by atoms with van der Waals surface area (Å²) in [6.07, 6.45) is 4.93. The Morgan fingerprint density at radius 3 is 2.11 bits per heavy atom. The van der Waals surface area contributed by atoms with Gasteiger partial charge in [-0.3, -0.25) is 9.36 Å². The minimum Gasteiger partial charge on any atom is -0.328 e. The molecule has 0 fully saturated rings. The number of aromatic nitrogens is 5. The molecule has 0 bridgehead atoms. The number of halogens is 2. The number of rotatable bonds is 4. The van der Waals surface area contributed by atoms with Crippen LogP contribution < -0.4 is 11.2 Å². The van der Waals surface area contributed by atoms with E-state index in [0.717, 1.165) is 10.1 Å². The van der Waals surface area contributed by atoms with Crippen molar-refractivity contribution in [3.63, 3.8) is 0 Å². The first-order valence-corrected chi connectivity index (χ1v) is 9.08. The normalized spacial score (nSPS) is 11.1. The first-order chi connectivity index (χ1) is 13.5. The molecule has 2 aromatic heterocycles. The second kappa shape index (κ2) is 7.53. The van der Waals surface area contributed by atoms with E-state index in [1.807, 2.05) is 6.07 Å². The lowest BCUT2D eigenvalue weighted by atomic mass is 10.2. The van der Waals surface area contributed by atoms with Gasteiger partial charge in [-0.1, -0.05) is 35.3 Å². The lowest BCUT2D eigenvalue weighted by Gasteiger charge is -2.15. The maximum Gasteiger partial charge on any atom is 0.352 e. The number of nitrogens with zero attached hydrogens (tertiary/aromatic N) is 5. The van der Waals surface area contributed by atoms with Crippen LogP contribution >= 0.6 is 23.2 Å². The van der Waals surface area contributed by atoms with Crippen LogP contribution in [0.25, 0.3) is 11.4 Å². The lowest BCUT2D eigenvalue weighted by Crippen LogP contribution is -2.38. The Morgan fingerprint density at radius 2 is 1.50 bits per heavy atom. The van der Waals surface area contributed by atoms with Crippen molar-refractivity contribution in [1.29, 1.82) is 0 Å². The summed E-state index contributed by atoms with van der Waals surface area (Å²) in [5, 5.41) is 0.735. The molecule has 0 aromatic carbocycles. The molecule has 0 unspecified atom stereocenters. The molecule has 0 atom stereocenters. The Bertz CT molecular complexity index is 1220. The molecule has 0 saturated heterocycles. The van der Waals surface area contributed by atoms with E-state index < -0.39 is 11.2 Å². The fraction of sp³-hybridized carbons (Fsp3) is 0.105. The van der Waals surface area contributed by atoms with Crippen LogP contribution in [0.3, 0.4) is 0 Å². The molecule has 2 aromatic rings. The Morgan fingerprint density at radius 1 is 0.857 bits per heavy atom. The van der Waals surface area contributed by atoms with Crippen LogP contribution in [0.1, 0.15) is 11.1 Å². The SMILES string of the molecule is O=c1nc2n(Cc3ccc(Cl)nc3)cccc-2c(=O)n1Cc1ccc(Cl)nc1. The zero-order chi connectivity index (χ0) is 19.7. The summed E-state index contributed by atoms with van der Waals surface area (Å²) in [7, 11) is 0. The Labute approximate surface area is 169 Å². The van der Waals surface area contributed by atoms with E-state index in [0.29, 0.717) is 33.8 Å². The smallest absolute Gasteiger partial charge is 0.328 e. The van der Waals surface area contributed by atoms with Gasteiger partial charge in [-0.25, -0.2) is 14.8 Å². The molecule has 9 heteroatoms. The van der Waals surface area contributed by atoms with Gasteiger partial charge in [-0.15, -0.1) is 0 Å². The Kier molecular flexibility index (Phi) is 4.93. The third kappa shape index (κ3) is 3.67. The summed E-state index contributed by atoms with van der Waals surface area (Å²) in [5.41, 5.74) is 0.870. The average molecular weight is 414 g/mol. The fourth-order valence-corrected chi connectivity index (χ4v) is 3.09. The highest BCUT2D eigenvalue weighted by atomic mass is 35.5. The van der Waals surface area contributed by atoms with E-state index in [4.69, 9.17) is 23.2 Å². The van der Waals surface area contributed by atoms with Crippen molar-refractivity contribution in [2.75, 3.05) is 0 Å². The van der Waals surface area contributed by atoms with Crippen LogP contribution in [0, 0.1) is 0 Å². The summed E-state index contributed by atoms with van der Waals surface area (Å²) in [6, 6.07) is 10.2. The molecule has 0 radical (unpaired) electrons. The standard InChI is InChI=1S/C19H13Cl2N5O2/c20-15-5-3-12(8-22-15)10-25-7-1-2-14-17(25)24-19(28)26(18(14)27)11-13-4-6-16(21)23-9-13/h1-9H,10-11H2. The van der Waals surface area contributed by atoms with E-state index in [9.17, 15) is 9.59 Å². The summed E-state index contributed by atoms with van der Waals surface area (Å²) >= 11 is 11.6. The topological polar surface area (TPSA) is 82.7 Å². The molecule has 0 aliphatic carbocycles. The molecular weight excluding hydrogens is 401 g/mol. The van der Waals surface area contributed by atoms with Gasteiger partial charge < -0.3 is 4.57 Å². The molecular formula is C19H13Cl2N5O2. The van der Waals surface area contributed by atoms with Gasteiger partial charge in [0.2, 0.25) is 0 Å². The molecule has 0 N–H and O–H groups in total. The highest BCUT2D eigenvalue weighted by molar-refractivity contribution is 6.29. The minimum atomic E-state index is -0.623. The predicted octanol–water partition coefficient (Wildman–Crippen LogP) is 2.70. The predicted molar refractivity (Wildman–Crippen MR) is 106 cm³/mol. The van der Waals surface area contributed by atoms with Crippen molar-refractivity contribution in [3.8, 4) is 11.4 Å². The largest absolute Gasteiger partial charge is 0.352 e. The van der Waals surface area contributed by atoms with Gasteiger partial charge in [-0.2, -0.15) is 4.98 Å². The highest BCUT2D eigenvalue weighted by Crippen LogP contribution is 2.16. The van der Waals surface area contributed by atoms with E-state index in [1.165, 1.54) is 6.20 Å². The third-order valence-electron chi connectivity index (χ3n) is 4.22. The number of pyridine rings is 3. The Hall–Kier alpha value is -3.03. The van der Waals surface area contributed by atoms with Crippen molar-refractivity contribution in [2.45, 2.75) is 13.1 Å². The van der Waals surface area contributed by atoms with Gasteiger partial charge in [-0.05, 0) is 35.4 Å².